The first-order valence-corrected chi connectivity index (χ1v) is 13.7. The van der Waals surface area contributed by atoms with Crippen LogP contribution in [0.1, 0.15) is 92.1 Å². The van der Waals surface area contributed by atoms with Crippen LogP contribution in [0.5, 0.6) is 11.5 Å². The Hall–Kier alpha value is -3.14. The first-order chi connectivity index (χ1) is 18.2. The number of benzene rings is 1. The number of hydrogen-bond acceptors (Lipinski definition) is 9. The van der Waals surface area contributed by atoms with Crippen molar-refractivity contribution in [1.29, 1.82) is 0 Å². The molecule has 0 aliphatic rings. The van der Waals surface area contributed by atoms with Crippen LogP contribution in [0.3, 0.4) is 0 Å². The average molecular weight is 552 g/mol. The molecule has 0 aliphatic carbocycles. The lowest BCUT2D eigenvalue weighted by molar-refractivity contribution is -0.144. The summed E-state index contributed by atoms with van der Waals surface area (Å²) in [5, 5.41) is 9.91. The quantitative estimate of drug-likeness (QED) is 0.146. The Bertz CT molecular complexity index is 960. The van der Waals surface area contributed by atoms with E-state index in [9.17, 15) is 24.3 Å². The first-order valence-electron chi connectivity index (χ1n) is 13.7. The van der Waals surface area contributed by atoms with Crippen LogP contribution >= 0.6 is 0 Å². The number of hydrogen-bond donors (Lipinski definition) is 2. The van der Waals surface area contributed by atoms with Crippen molar-refractivity contribution in [3.05, 3.63) is 23.8 Å². The summed E-state index contributed by atoms with van der Waals surface area (Å²) in [5.74, 6) is -1.58. The standard InChI is InChI=1S/C29H45NO9/c1-7-8-15-36-28(35)37-21(6)17-29(30,27(33)34)18-22-11-12-23(38-25(31)13-9-19(2)3)24(16-22)39-26(32)14-10-20(4)5/h11-12,16,19-21H,7-10,13-15,17-18,30H2,1-6H3,(H,33,34)/t21-,29?/m0/s1. The number of carbonyl (C=O) groups excluding carboxylic acids is 3. The molecule has 0 spiro atoms. The largest absolute Gasteiger partial charge is 0.508 e. The van der Waals surface area contributed by atoms with Gasteiger partial charge in [-0.05, 0) is 55.7 Å². The van der Waals surface area contributed by atoms with Crippen LogP contribution in [0.15, 0.2) is 18.2 Å². The molecule has 0 amide bonds. The molecule has 0 aliphatic heterocycles. The zero-order valence-corrected chi connectivity index (χ0v) is 24.1. The van der Waals surface area contributed by atoms with E-state index in [4.69, 9.17) is 24.7 Å². The van der Waals surface area contributed by atoms with Gasteiger partial charge in [0.1, 0.15) is 11.6 Å². The van der Waals surface area contributed by atoms with Gasteiger partial charge in [0.15, 0.2) is 11.5 Å². The minimum absolute atomic E-state index is 0.00990. The van der Waals surface area contributed by atoms with Crippen LogP contribution in [-0.2, 0) is 30.3 Å². The van der Waals surface area contributed by atoms with E-state index in [0.29, 0.717) is 36.7 Å². The van der Waals surface area contributed by atoms with E-state index < -0.39 is 35.7 Å². The van der Waals surface area contributed by atoms with Crippen molar-refractivity contribution in [2.45, 2.75) is 105 Å². The molecule has 0 saturated carbocycles. The van der Waals surface area contributed by atoms with Gasteiger partial charge in [-0.15, -0.1) is 0 Å². The maximum Gasteiger partial charge on any atom is 0.508 e. The summed E-state index contributed by atoms with van der Waals surface area (Å²) in [5.41, 5.74) is 4.89. The van der Waals surface area contributed by atoms with E-state index in [2.05, 4.69) is 0 Å². The van der Waals surface area contributed by atoms with Gasteiger partial charge in [-0.1, -0.05) is 47.1 Å². The van der Waals surface area contributed by atoms with Crippen LogP contribution in [0.25, 0.3) is 0 Å². The van der Waals surface area contributed by atoms with Crippen LogP contribution in [0, 0.1) is 11.8 Å². The maximum atomic E-state index is 12.5. The van der Waals surface area contributed by atoms with Crippen LogP contribution in [-0.4, -0.2) is 47.4 Å². The summed E-state index contributed by atoms with van der Waals surface area (Å²) in [7, 11) is 0. The molecule has 1 aromatic rings. The monoisotopic (exact) mass is 551 g/mol. The maximum absolute atomic E-state index is 12.5. The highest BCUT2D eigenvalue weighted by atomic mass is 16.7. The Morgan fingerprint density at radius 1 is 0.923 bits per heavy atom. The van der Waals surface area contributed by atoms with Crippen molar-refractivity contribution in [2.75, 3.05) is 6.61 Å². The third kappa shape index (κ3) is 13.5. The second-order valence-corrected chi connectivity index (χ2v) is 10.8. The summed E-state index contributed by atoms with van der Waals surface area (Å²) >= 11 is 0. The fraction of sp³-hybridized carbons (Fsp3) is 0.655. The molecule has 10 heteroatoms. The fourth-order valence-corrected chi connectivity index (χ4v) is 3.64. The minimum atomic E-state index is -1.81. The molecule has 1 aromatic carbocycles. The van der Waals surface area contributed by atoms with Gasteiger partial charge in [0, 0.05) is 25.7 Å². The highest BCUT2D eigenvalue weighted by Gasteiger charge is 2.37. The third-order valence-electron chi connectivity index (χ3n) is 5.92. The Balaban J connectivity index is 3.10. The molecular formula is C29H45NO9. The normalized spacial score (nSPS) is 13.5. The zero-order chi connectivity index (χ0) is 29.6. The lowest BCUT2D eigenvalue weighted by atomic mass is 9.86. The molecule has 220 valence electrons. The van der Waals surface area contributed by atoms with Crippen LogP contribution in [0.4, 0.5) is 4.79 Å². The molecule has 39 heavy (non-hydrogen) atoms. The van der Waals surface area contributed by atoms with Gasteiger partial charge in [-0.25, -0.2) is 4.79 Å². The van der Waals surface area contributed by atoms with Crippen molar-refractivity contribution in [3.63, 3.8) is 0 Å². The lowest BCUT2D eigenvalue weighted by Gasteiger charge is -2.28. The topological polar surface area (TPSA) is 151 Å². The Morgan fingerprint density at radius 2 is 1.49 bits per heavy atom. The van der Waals surface area contributed by atoms with E-state index >= 15 is 0 Å². The minimum Gasteiger partial charge on any atom is -0.480 e. The summed E-state index contributed by atoms with van der Waals surface area (Å²) in [6.45, 7) is 11.7. The molecule has 0 bridgehead atoms. The number of ether oxygens (including phenoxy) is 4. The molecule has 10 nitrogen and oxygen atoms in total. The molecule has 0 aromatic heterocycles. The number of carboxylic acid groups (broad SMARTS) is 1. The number of aliphatic carboxylic acids is 1. The Kier molecular flexibility index (Phi) is 14.5. The van der Waals surface area contributed by atoms with Gasteiger partial charge < -0.3 is 29.8 Å². The third-order valence-corrected chi connectivity index (χ3v) is 5.92. The molecule has 3 N–H and O–H groups in total. The van der Waals surface area contributed by atoms with Gasteiger partial charge in [0.05, 0.1) is 6.61 Å². The molecular weight excluding hydrogens is 506 g/mol. The van der Waals surface area contributed by atoms with Crippen molar-refractivity contribution < 1.29 is 43.2 Å². The Morgan fingerprint density at radius 3 is 2.00 bits per heavy atom. The molecule has 0 saturated heterocycles. The number of carboxylic acids is 1. The number of carbonyl (C=O) groups is 4. The summed E-state index contributed by atoms with van der Waals surface area (Å²) < 4.78 is 21.1. The van der Waals surface area contributed by atoms with Crippen LogP contribution < -0.4 is 15.2 Å². The smallest absolute Gasteiger partial charge is 0.480 e. The van der Waals surface area contributed by atoms with Gasteiger partial charge >= 0.3 is 24.1 Å². The second kappa shape index (κ2) is 16.7. The van der Waals surface area contributed by atoms with Crippen molar-refractivity contribution in [2.24, 2.45) is 17.6 Å². The molecule has 0 fully saturated rings. The van der Waals surface area contributed by atoms with E-state index in [0.717, 1.165) is 6.42 Å². The highest BCUT2D eigenvalue weighted by Crippen LogP contribution is 2.32. The van der Waals surface area contributed by atoms with Gasteiger partial charge in [0.25, 0.3) is 0 Å². The van der Waals surface area contributed by atoms with Crippen molar-refractivity contribution in [1.82, 2.24) is 0 Å². The number of esters is 2. The first kappa shape index (κ1) is 33.9. The predicted octanol–water partition coefficient (Wildman–Crippen LogP) is 5.43. The van der Waals surface area contributed by atoms with Gasteiger partial charge in [-0.3, -0.25) is 14.4 Å². The summed E-state index contributed by atoms with van der Waals surface area (Å²) in [4.78, 5) is 48.9. The Labute approximate surface area is 231 Å². The van der Waals surface area contributed by atoms with E-state index in [-0.39, 0.29) is 43.8 Å². The van der Waals surface area contributed by atoms with Crippen LogP contribution in [0.2, 0.25) is 0 Å². The summed E-state index contributed by atoms with van der Waals surface area (Å²) in [6.07, 6.45) is 1.07. The van der Waals surface area contributed by atoms with Gasteiger partial charge in [-0.2, -0.15) is 0 Å². The number of rotatable bonds is 17. The van der Waals surface area contributed by atoms with E-state index in [1.54, 1.807) is 6.07 Å². The number of nitrogens with two attached hydrogens (primary N) is 1. The van der Waals surface area contributed by atoms with Crippen molar-refractivity contribution in [3.8, 4) is 11.5 Å². The molecule has 1 rings (SSSR count). The average Bonchev–Trinajstić information content (AvgIpc) is 2.83. The SMILES string of the molecule is CCCCOC(=O)O[C@@H](C)CC(N)(Cc1ccc(OC(=O)CCC(C)C)c(OC(=O)CCC(C)C)c1)C(=O)O. The molecule has 2 atom stereocenters. The molecule has 0 heterocycles. The van der Waals surface area contributed by atoms with Crippen molar-refractivity contribution >= 4 is 24.1 Å². The highest BCUT2D eigenvalue weighted by molar-refractivity contribution is 5.79. The molecule has 1 unspecified atom stereocenters. The van der Waals surface area contributed by atoms with E-state index in [1.165, 1.54) is 19.1 Å². The second-order valence-electron chi connectivity index (χ2n) is 10.8. The lowest BCUT2D eigenvalue weighted by Crippen LogP contribution is -2.52. The molecule has 0 radical (unpaired) electrons. The zero-order valence-electron chi connectivity index (χ0n) is 24.1. The fourth-order valence-electron chi connectivity index (χ4n) is 3.64. The number of unbranched alkanes of at least 4 members (excludes halogenated alkanes) is 1. The predicted molar refractivity (Wildman–Crippen MR) is 146 cm³/mol. The van der Waals surface area contributed by atoms with Gasteiger partial charge in [0.2, 0.25) is 0 Å². The summed E-state index contributed by atoms with van der Waals surface area (Å²) in [6, 6.07) is 4.47. The van der Waals surface area contributed by atoms with E-state index in [1.807, 2.05) is 34.6 Å².